The van der Waals surface area contributed by atoms with Crippen molar-refractivity contribution >= 4 is 11.9 Å². The van der Waals surface area contributed by atoms with E-state index in [9.17, 15) is 9.59 Å². The number of amides is 1. The minimum atomic E-state index is -0.757. The maximum atomic E-state index is 12.2. The van der Waals surface area contributed by atoms with Gasteiger partial charge in [-0.3, -0.25) is 9.59 Å². The van der Waals surface area contributed by atoms with Gasteiger partial charge in [0, 0.05) is 19.5 Å². The first-order valence-electron chi connectivity index (χ1n) is 7.73. The summed E-state index contributed by atoms with van der Waals surface area (Å²) in [6.45, 7) is 3.34. The molecule has 1 aromatic carbocycles. The van der Waals surface area contributed by atoms with Gasteiger partial charge in [0.05, 0.1) is 0 Å². The van der Waals surface area contributed by atoms with Crippen LogP contribution in [0.1, 0.15) is 31.2 Å². The molecule has 1 N–H and O–H groups in total. The topological polar surface area (TPSA) is 66.8 Å². The van der Waals surface area contributed by atoms with Crippen LogP contribution in [0.3, 0.4) is 0 Å². The summed E-state index contributed by atoms with van der Waals surface area (Å²) >= 11 is 0. The Morgan fingerprint density at radius 3 is 2.64 bits per heavy atom. The summed E-state index contributed by atoms with van der Waals surface area (Å²) in [6, 6.07) is 7.60. The van der Waals surface area contributed by atoms with Crippen molar-refractivity contribution in [3.05, 3.63) is 29.8 Å². The maximum absolute atomic E-state index is 12.2. The standard InChI is InChI=1S/C17H23NO4/c1-13-4-6-15(7-5-13)22-12-16(19)18-9-2-3-14(8-10-18)11-17(20)21/h4-7,14H,2-3,8-12H2,1H3,(H,20,21). The zero-order valence-electron chi connectivity index (χ0n) is 13.0. The van der Waals surface area contributed by atoms with Crippen LogP contribution in [0.5, 0.6) is 5.75 Å². The molecule has 1 aliphatic heterocycles. The van der Waals surface area contributed by atoms with E-state index in [2.05, 4.69) is 0 Å². The van der Waals surface area contributed by atoms with Crippen LogP contribution in [-0.2, 0) is 9.59 Å². The van der Waals surface area contributed by atoms with Gasteiger partial charge in [0.2, 0.25) is 0 Å². The van der Waals surface area contributed by atoms with E-state index in [4.69, 9.17) is 9.84 Å². The summed E-state index contributed by atoms with van der Waals surface area (Å²) in [5, 5.41) is 8.86. The lowest BCUT2D eigenvalue weighted by atomic mass is 9.97. The molecule has 1 saturated heterocycles. The first kappa shape index (κ1) is 16.3. The number of carbonyl (C=O) groups excluding carboxylic acids is 1. The number of rotatable bonds is 5. The average molecular weight is 305 g/mol. The largest absolute Gasteiger partial charge is 0.484 e. The highest BCUT2D eigenvalue weighted by Crippen LogP contribution is 2.21. The highest BCUT2D eigenvalue weighted by atomic mass is 16.5. The lowest BCUT2D eigenvalue weighted by Gasteiger charge is -2.20. The lowest BCUT2D eigenvalue weighted by Crippen LogP contribution is -2.35. The Balaban J connectivity index is 1.79. The van der Waals surface area contributed by atoms with Crippen LogP contribution in [0.25, 0.3) is 0 Å². The van der Waals surface area contributed by atoms with Crippen molar-refractivity contribution in [3.8, 4) is 5.75 Å². The van der Waals surface area contributed by atoms with Crippen LogP contribution in [0.15, 0.2) is 24.3 Å². The van der Waals surface area contributed by atoms with Gasteiger partial charge in [-0.05, 0) is 44.2 Å². The Kier molecular flexibility index (Phi) is 5.81. The quantitative estimate of drug-likeness (QED) is 0.907. The molecule has 1 aliphatic rings. The molecule has 0 aromatic heterocycles. The van der Waals surface area contributed by atoms with Crippen molar-refractivity contribution in [1.29, 1.82) is 0 Å². The molecule has 5 heteroatoms. The average Bonchev–Trinajstić information content (AvgIpc) is 2.71. The number of carboxylic acids is 1. The zero-order chi connectivity index (χ0) is 15.9. The van der Waals surface area contributed by atoms with Gasteiger partial charge >= 0.3 is 5.97 Å². The van der Waals surface area contributed by atoms with Gasteiger partial charge in [0.1, 0.15) is 5.75 Å². The van der Waals surface area contributed by atoms with Crippen LogP contribution < -0.4 is 4.74 Å². The van der Waals surface area contributed by atoms with Crippen molar-refractivity contribution in [2.75, 3.05) is 19.7 Å². The van der Waals surface area contributed by atoms with E-state index >= 15 is 0 Å². The number of benzene rings is 1. The highest BCUT2D eigenvalue weighted by Gasteiger charge is 2.22. The van der Waals surface area contributed by atoms with E-state index < -0.39 is 5.97 Å². The summed E-state index contributed by atoms with van der Waals surface area (Å²) in [7, 11) is 0. The van der Waals surface area contributed by atoms with Crippen LogP contribution >= 0.6 is 0 Å². The third kappa shape index (κ3) is 5.06. The normalized spacial score (nSPS) is 18.6. The third-order valence-corrected chi connectivity index (χ3v) is 4.05. The molecule has 1 amide bonds. The predicted octanol–water partition coefficient (Wildman–Crippen LogP) is 2.48. The molecule has 1 atom stereocenters. The smallest absolute Gasteiger partial charge is 0.303 e. The molecule has 1 aromatic rings. The van der Waals surface area contributed by atoms with Gasteiger partial charge in [-0.25, -0.2) is 0 Å². The number of aryl methyl sites for hydroxylation is 1. The number of aliphatic carboxylic acids is 1. The maximum Gasteiger partial charge on any atom is 0.303 e. The van der Waals surface area contributed by atoms with Crippen LogP contribution in [0.4, 0.5) is 0 Å². The van der Waals surface area contributed by atoms with Gasteiger partial charge in [-0.2, -0.15) is 0 Å². The molecule has 2 rings (SSSR count). The van der Waals surface area contributed by atoms with Crippen molar-refractivity contribution < 1.29 is 19.4 Å². The Morgan fingerprint density at radius 2 is 1.95 bits per heavy atom. The molecule has 0 spiro atoms. The highest BCUT2D eigenvalue weighted by molar-refractivity contribution is 5.77. The monoisotopic (exact) mass is 305 g/mol. The Labute approximate surface area is 130 Å². The molecule has 1 unspecified atom stereocenters. The minimum Gasteiger partial charge on any atom is -0.484 e. The summed E-state index contributed by atoms with van der Waals surface area (Å²) in [4.78, 5) is 24.8. The van der Waals surface area contributed by atoms with E-state index in [1.807, 2.05) is 31.2 Å². The summed E-state index contributed by atoms with van der Waals surface area (Å²) < 4.78 is 5.52. The van der Waals surface area contributed by atoms with Gasteiger partial charge in [0.25, 0.3) is 5.91 Å². The zero-order valence-corrected chi connectivity index (χ0v) is 13.0. The fourth-order valence-corrected chi connectivity index (χ4v) is 2.74. The molecule has 22 heavy (non-hydrogen) atoms. The second-order valence-electron chi connectivity index (χ2n) is 5.88. The molecule has 1 heterocycles. The van der Waals surface area contributed by atoms with Gasteiger partial charge in [-0.1, -0.05) is 17.7 Å². The number of hydrogen-bond donors (Lipinski definition) is 1. The number of nitrogens with zero attached hydrogens (tertiary/aromatic N) is 1. The van der Waals surface area contributed by atoms with Crippen LogP contribution in [0, 0.1) is 12.8 Å². The fourth-order valence-electron chi connectivity index (χ4n) is 2.74. The van der Waals surface area contributed by atoms with Crippen molar-refractivity contribution in [1.82, 2.24) is 4.90 Å². The summed E-state index contributed by atoms with van der Waals surface area (Å²) in [5.41, 5.74) is 1.15. The first-order valence-corrected chi connectivity index (χ1v) is 7.73. The van der Waals surface area contributed by atoms with Crippen LogP contribution in [-0.4, -0.2) is 41.6 Å². The van der Waals surface area contributed by atoms with Gasteiger partial charge in [-0.15, -0.1) is 0 Å². The van der Waals surface area contributed by atoms with E-state index in [1.54, 1.807) is 4.90 Å². The molecular weight excluding hydrogens is 282 g/mol. The molecule has 5 nitrogen and oxygen atoms in total. The van der Waals surface area contributed by atoms with Gasteiger partial charge < -0.3 is 14.7 Å². The molecule has 120 valence electrons. The first-order chi connectivity index (χ1) is 10.5. The van der Waals surface area contributed by atoms with Crippen molar-refractivity contribution in [2.45, 2.75) is 32.6 Å². The van der Waals surface area contributed by atoms with Crippen molar-refractivity contribution in [2.24, 2.45) is 5.92 Å². The van der Waals surface area contributed by atoms with E-state index in [-0.39, 0.29) is 24.9 Å². The molecule has 0 saturated carbocycles. The summed E-state index contributed by atoms with van der Waals surface area (Å²) in [5.74, 6) is 0.0786. The SMILES string of the molecule is Cc1ccc(OCC(=O)N2CCCC(CC(=O)O)CC2)cc1. The van der Waals surface area contributed by atoms with Crippen LogP contribution in [0.2, 0.25) is 0 Å². The number of carboxylic acid groups (broad SMARTS) is 1. The number of likely N-dealkylation sites (tertiary alicyclic amines) is 1. The third-order valence-electron chi connectivity index (χ3n) is 4.05. The Morgan fingerprint density at radius 1 is 1.23 bits per heavy atom. The Bertz CT molecular complexity index is 512. The van der Waals surface area contributed by atoms with Gasteiger partial charge in [0.15, 0.2) is 6.61 Å². The second-order valence-corrected chi connectivity index (χ2v) is 5.88. The number of ether oxygens (including phenoxy) is 1. The second kappa shape index (κ2) is 7.82. The number of hydrogen-bond acceptors (Lipinski definition) is 3. The lowest BCUT2D eigenvalue weighted by molar-refractivity contribution is -0.138. The number of carbonyl (C=O) groups is 2. The molecule has 1 fully saturated rings. The minimum absolute atomic E-state index is 0.0310. The fraction of sp³-hybridized carbons (Fsp3) is 0.529. The molecule has 0 radical (unpaired) electrons. The van der Waals surface area contributed by atoms with E-state index in [0.29, 0.717) is 18.8 Å². The van der Waals surface area contributed by atoms with E-state index in [1.165, 1.54) is 0 Å². The molecular formula is C17H23NO4. The predicted molar refractivity (Wildman–Crippen MR) is 82.8 cm³/mol. The molecule has 0 aliphatic carbocycles. The summed E-state index contributed by atoms with van der Waals surface area (Å²) in [6.07, 6.45) is 2.67. The molecule has 0 bridgehead atoms. The Hall–Kier alpha value is -2.04. The van der Waals surface area contributed by atoms with E-state index in [0.717, 1.165) is 24.8 Å². The van der Waals surface area contributed by atoms with Crippen molar-refractivity contribution in [3.63, 3.8) is 0 Å².